The third-order valence-corrected chi connectivity index (χ3v) is 4.50. The molecule has 1 N–H and O–H groups in total. The number of rotatable bonds is 4. The number of anilines is 1. The SMILES string of the molecule is CCC(Nc1ccc(I)cc1C)c1ccc(Cl)cc1Cl. The van der Waals surface area contributed by atoms with Crippen molar-refractivity contribution in [1.29, 1.82) is 0 Å². The monoisotopic (exact) mass is 419 g/mol. The van der Waals surface area contributed by atoms with Gasteiger partial charge in [0, 0.05) is 19.3 Å². The summed E-state index contributed by atoms with van der Waals surface area (Å²) in [7, 11) is 0. The van der Waals surface area contributed by atoms with E-state index < -0.39 is 0 Å². The Morgan fingerprint density at radius 3 is 2.50 bits per heavy atom. The summed E-state index contributed by atoms with van der Waals surface area (Å²) in [6, 6.07) is 12.2. The van der Waals surface area contributed by atoms with E-state index in [9.17, 15) is 0 Å². The molecule has 20 heavy (non-hydrogen) atoms. The lowest BCUT2D eigenvalue weighted by Crippen LogP contribution is -2.11. The lowest BCUT2D eigenvalue weighted by Gasteiger charge is -2.21. The standard InChI is InChI=1S/C16H16Cl2IN/c1-3-15(13-6-4-11(17)9-14(13)18)20-16-7-5-12(19)8-10(16)2/h4-9,15,20H,3H2,1-2H3. The maximum atomic E-state index is 6.31. The van der Waals surface area contributed by atoms with Crippen LogP contribution in [0.15, 0.2) is 36.4 Å². The maximum Gasteiger partial charge on any atom is 0.0526 e. The zero-order valence-electron chi connectivity index (χ0n) is 11.4. The quantitative estimate of drug-likeness (QED) is 0.560. The van der Waals surface area contributed by atoms with Gasteiger partial charge in [-0.1, -0.05) is 36.2 Å². The van der Waals surface area contributed by atoms with Crippen LogP contribution in [-0.4, -0.2) is 0 Å². The van der Waals surface area contributed by atoms with E-state index in [0.29, 0.717) is 10.0 Å². The van der Waals surface area contributed by atoms with Crippen molar-refractivity contribution >= 4 is 51.5 Å². The van der Waals surface area contributed by atoms with Crippen LogP contribution in [-0.2, 0) is 0 Å². The van der Waals surface area contributed by atoms with Gasteiger partial charge in [0.25, 0.3) is 0 Å². The van der Waals surface area contributed by atoms with Gasteiger partial charge in [0.1, 0.15) is 0 Å². The molecule has 0 aliphatic heterocycles. The highest BCUT2D eigenvalue weighted by molar-refractivity contribution is 14.1. The molecule has 106 valence electrons. The highest BCUT2D eigenvalue weighted by Crippen LogP contribution is 2.31. The van der Waals surface area contributed by atoms with E-state index >= 15 is 0 Å². The van der Waals surface area contributed by atoms with E-state index in [1.807, 2.05) is 12.1 Å². The van der Waals surface area contributed by atoms with E-state index in [0.717, 1.165) is 17.7 Å². The first kappa shape index (κ1) is 15.9. The highest BCUT2D eigenvalue weighted by atomic mass is 127. The maximum absolute atomic E-state index is 6.31. The van der Waals surface area contributed by atoms with E-state index in [1.54, 1.807) is 6.07 Å². The van der Waals surface area contributed by atoms with Gasteiger partial charge in [0.05, 0.1) is 6.04 Å². The molecule has 2 rings (SSSR count). The van der Waals surface area contributed by atoms with Crippen LogP contribution >= 0.6 is 45.8 Å². The molecule has 4 heteroatoms. The van der Waals surface area contributed by atoms with Crippen LogP contribution in [0.2, 0.25) is 10.0 Å². The smallest absolute Gasteiger partial charge is 0.0526 e. The molecule has 0 saturated heterocycles. The first-order valence-corrected chi connectivity index (χ1v) is 8.32. The van der Waals surface area contributed by atoms with E-state index in [-0.39, 0.29) is 6.04 Å². The third kappa shape index (κ3) is 3.80. The minimum atomic E-state index is 0.179. The molecule has 1 unspecified atom stereocenters. The average molecular weight is 420 g/mol. The van der Waals surface area contributed by atoms with Gasteiger partial charge in [0.15, 0.2) is 0 Å². The molecule has 0 heterocycles. The van der Waals surface area contributed by atoms with Crippen LogP contribution < -0.4 is 5.32 Å². The van der Waals surface area contributed by atoms with E-state index in [2.05, 4.69) is 60.0 Å². The lowest BCUT2D eigenvalue weighted by atomic mass is 10.0. The molecule has 2 aromatic rings. The number of hydrogen-bond donors (Lipinski definition) is 1. The van der Waals surface area contributed by atoms with Crippen LogP contribution in [0.25, 0.3) is 0 Å². The van der Waals surface area contributed by atoms with Crippen LogP contribution in [0.5, 0.6) is 0 Å². The van der Waals surface area contributed by atoms with Crippen molar-refractivity contribution in [2.75, 3.05) is 5.32 Å². The van der Waals surface area contributed by atoms with Crippen LogP contribution in [0, 0.1) is 10.5 Å². The number of aryl methyl sites for hydroxylation is 1. The number of halogens is 3. The Morgan fingerprint density at radius 2 is 1.90 bits per heavy atom. The number of nitrogens with one attached hydrogen (secondary N) is 1. The first-order chi connectivity index (χ1) is 9.51. The van der Waals surface area contributed by atoms with Gasteiger partial charge in [-0.15, -0.1) is 0 Å². The van der Waals surface area contributed by atoms with Gasteiger partial charge in [-0.2, -0.15) is 0 Å². The summed E-state index contributed by atoms with van der Waals surface area (Å²) in [5.74, 6) is 0. The number of benzene rings is 2. The summed E-state index contributed by atoms with van der Waals surface area (Å²) in [4.78, 5) is 0. The molecule has 1 nitrogen and oxygen atoms in total. The van der Waals surface area contributed by atoms with Gasteiger partial charge in [-0.05, 0) is 77.4 Å². The highest BCUT2D eigenvalue weighted by Gasteiger charge is 2.14. The van der Waals surface area contributed by atoms with E-state index in [4.69, 9.17) is 23.2 Å². The normalized spacial score (nSPS) is 12.2. The first-order valence-electron chi connectivity index (χ1n) is 6.49. The predicted molar refractivity (Wildman–Crippen MR) is 97.0 cm³/mol. The summed E-state index contributed by atoms with van der Waals surface area (Å²) in [6.45, 7) is 4.26. The Balaban J connectivity index is 2.28. The molecule has 0 aliphatic carbocycles. The summed E-state index contributed by atoms with van der Waals surface area (Å²) in [6.07, 6.45) is 0.951. The van der Waals surface area contributed by atoms with Crippen LogP contribution in [0.1, 0.15) is 30.5 Å². The summed E-state index contributed by atoms with van der Waals surface area (Å²) in [5, 5.41) is 4.94. The zero-order chi connectivity index (χ0) is 14.7. The minimum Gasteiger partial charge on any atom is -0.378 e. The Hall–Kier alpha value is -0.450. The molecule has 0 radical (unpaired) electrons. The van der Waals surface area contributed by atoms with Gasteiger partial charge in [0.2, 0.25) is 0 Å². The molecule has 2 aromatic carbocycles. The Morgan fingerprint density at radius 1 is 1.15 bits per heavy atom. The Labute approximate surface area is 143 Å². The fourth-order valence-corrected chi connectivity index (χ4v) is 3.35. The molecule has 0 amide bonds. The molecule has 0 aliphatic rings. The molecular weight excluding hydrogens is 404 g/mol. The molecule has 0 saturated carbocycles. The lowest BCUT2D eigenvalue weighted by molar-refractivity contribution is 0.748. The summed E-state index contributed by atoms with van der Waals surface area (Å²) in [5.41, 5.74) is 3.46. The van der Waals surface area contributed by atoms with Crippen molar-refractivity contribution in [3.63, 3.8) is 0 Å². The van der Waals surface area contributed by atoms with Gasteiger partial charge in [-0.3, -0.25) is 0 Å². The second-order valence-electron chi connectivity index (χ2n) is 4.73. The second kappa shape index (κ2) is 7.01. The predicted octanol–water partition coefficient (Wildman–Crippen LogP) is 6.47. The largest absolute Gasteiger partial charge is 0.378 e. The van der Waals surface area contributed by atoms with Crippen molar-refractivity contribution in [2.24, 2.45) is 0 Å². The average Bonchev–Trinajstić information content (AvgIpc) is 2.39. The fraction of sp³-hybridized carbons (Fsp3) is 0.250. The van der Waals surface area contributed by atoms with Crippen molar-refractivity contribution < 1.29 is 0 Å². The summed E-state index contributed by atoms with van der Waals surface area (Å²) < 4.78 is 1.24. The Bertz CT molecular complexity index is 613. The van der Waals surface area contributed by atoms with Gasteiger partial charge in [-0.25, -0.2) is 0 Å². The molecule has 0 fully saturated rings. The molecule has 0 aromatic heterocycles. The van der Waals surface area contributed by atoms with Crippen molar-refractivity contribution in [3.8, 4) is 0 Å². The zero-order valence-corrected chi connectivity index (χ0v) is 15.1. The Kier molecular flexibility index (Phi) is 5.58. The van der Waals surface area contributed by atoms with Gasteiger partial charge < -0.3 is 5.32 Å². The van der Waals surface area contributed by atoms with Gasteiger partial charge >= 0.3 is 0 Å². The minimum absolute atomic E-state index is 0.179. The molecule has 1 atom stereocenters. The van der Waals surface area contributed by atoms with E-state index in [1.165, 1.54) is 9.13 Å². The number of hydrogen-bond acceptors (Lipinski definition) is 1. The molecule has 0 spiro atoms. The van der Waals surface area contributed by atoms with Crippen LogP contribution in [0.4, 0.5) is 5.69 Å². The fourth-order valence-electron chi connectivity index (χ4n) is 2.16. The van der Waals surface area contributed by atoms with Crippen molar-refractivity contribution in [1.82, 2.24) is 0 Å². The molecule has 0 bridgehead atoms. The molecular formula is C16H16Cl2IN. The second-order valence-corrected chi connectivity index (χ2v) is 6.82. The van der Waals surface area contributed by atoms with Crippen LogP contribution in [0.3, 0.4) is 0 Å². The summed E-state index contributed by atoms with van der Waals surface area (Å²) >= 11 is 14.6. The van der Waals surface area contributed by atoms with Crippen molar-refractivity contribution in [3.05, 3.63) is 61.1 Å². The third-order valence-electron chi connectivity index (χ3n) is 3.26. The van der Waals surface area contributed by atoms with Crippen molar-refractivity contribution in [2.45, 2.75) is 26.3 Å². The topological polar surface area (TPSA) is 12.0 Å².